The number of ether oxygens (including phenoxy) is 1. The summed E-state index contributed by atoms with van der Waals surface area (Å²) in [6.45, 7) is 11.9. The van der Waals surface area contributed by atoms with Crippen LogP contribution in [0.25, 0.3) is 0 Å². The van der Waals surface area contributed by atoms with Crippen LogP contribution in [-0.2, 0) is 17.2 Å². The molecule has 0 aliphatic heterocycles. The van der Waals surface area contributed by atoms with Gasteiger partial charge in [0.05, 0.1) is 16.6 Å². The topological polar surface area (TPSA) is 31.4 Å². The SMILES string of the molecule is Cc1c(C(F)(F)F)cnc(Oc2ccc(F)cc2CO[Si](C)(C)C(C)(C)C)c1Br. The number of halogens is 5. The maximum Gasteiger partial charge on any atom is 0.418 e. The van der Waals surface area contributed by atoms with E-state index in [2.05, 4.69) is 54.8 Å². The summed E-state index contributed by atoms with van der Waals surface area (Å²) in [5, 5.41) is -0.0313. The third-order valence-electron chi connectivity index (χ3n) is 5.16. The van der Waals surface area contributed by atoms with Gasteiger partial charge >= 0.3 is 6.18 Å². The number of hydrogen-bond acceptors (Lipinski definition) is 3. The normalized spacial score (nSPS) is 12.9. The number of hydrogen-bond donors (Lipinski definition) is 0. The lowest BCUT2D eigenvalue weighted by Gasteiger charge is -2.36. The van der Waals surface area contributed by atoms with Gasteiger partial charge in [-0.05, 0) is 64.7 Å². The number of rotatable bonds is 5. The summed E-state index contributed by atoms with van der Waals surface area (Å²) in [6.07, 6.45) is -3.79. The van der Waals surface area contributed by atoms with Crippen LogP contribution in [0.5, 0.6) is 11.6 Å². The Kier molecular flexibility index (Phi) is 6.86. The monoisotopic (exact) mass is 493 g/mol. The summed E-state index contributed by atoms with van der Waals surface area (Å²) in [5.74, 6) is -0.213. The highest BCUT2D eigenvalue weighted by atomic mass is 79.9. The Balaban J connectivity index is 2.34. The van der Waals surface area contributed by atoms with Crippen molar-refractivity contribution in [3.05, 3.63) is 51.4 Å². The highest BCUT2D eigenvalue weighted by Crippen LogP contribution is 2.40. The minimum absolute atomic E-state index is 0.0313. The van der Waals surface area contributed by atoms with Crippen molar-refractivity contribution >= 4 is 24.2 Å². The minimum Gasteiger partial charge on any atom is -0.437 e. The molecule has 0 amide bonds. The molecule has 2 aromatic rings. The van der Waals surface area contributed by atoms with Crippen molar-refractivity contribution in [3.63, 3.8) is 0 Å². The number of benzene rings is 1. The molecule has 1 aromatic heterocycles. The highest BCUT2D eigenvalue weighted by molar-refractivity contribution is 9.10. The molecule has 0 radical (unpaired) electrons. The van der Waals surface area contributed by atoms with Crippen LogP contribution < -0.4 is 4.74 Å². The molecule has 1 heterocycles. The third kappa shape index (κ3) is 5.58. The molecule has 0 N–H and O–H groups in total. The van der Waals surface area contributed by atoms with E-state index in [9.17, 15) is 17.6 Å². The lowest BCUT2D eigenvalue weighted by molar-refractivity contribution is -0.138. The van der Waals surface area contributed by atoms with Gasteiger partial charge in [0.15, 0.2) is 8.32 Å². The second-order valence-corrected chi connectivity index (χ2v) is 13.9. The number of aromatic nitrogens is 1. The molecule has 0 saturated heterocycles. The molecular weight excluding hydrogens is 470 g/mol. The van der Waals surface area contributed by atoms with Crippen LogP contribution in [0.2, 0.25) is 18.1 Å². The Hall–Kier alpha value is -1.45. The lowest BCUT2D eigenvalue weighted by Crippen LogP contribution is -2.40. The fourth-order valence-corrected chi connectivity index (χ4v) is 3.60. The summed E-state index contributed by atoms with van der Waals surface area (Å²) < 4.78 is 64.9. The molecule has 0 atom stereocenters. The van der Waals surface area contributed by atoms with Crippen LogP contribution in [0.1, 0.15) is 37.5 Å². The molecule has 3 nitrogen and oxygen atoms in total. The van der Waals surface area contributed by atoms with Gasteiger partial charge in [-0.25, -0.2) is 9.37 Å². The van der Waals surface area contributed by atoms with Crippen LogP contribution in [-0.4, -0.2) is 13.3 Å². The maximum absolute atomic E-state index is 13.8. The molecule has 0 saturated carbocycles. The fraction of sp³-hybridized carbons (Fsp3) is 0.450. The number of alkyl halides is 3. The molecule has 0 spiro atoms. The average Bonchev–Trinajstić information content (AvgIpc) is 2.57. The smallest absolute Gasteiger partial charge is 0.418 e. The van der Waals surface area contributed by atoms with Gasteiger partial charge in [0.1, 0.15) is 11.6 Å². The van der Waals surface area contributed by atoms with Gasteiger partial charge in [-0.2, -0.15) is 13.2 Å². The number of pyridine rings is 1. The Labute approximate surface area is 177 Å². The van der Waals surface area contributed by atoms with Crippen molar-refractivity contribution in [2.75, 3.05) is 0 Å². The van der Waals surface area contributed by atoms with Gasteiger partial charge in [-0.3, -0.25) is 0 Å². The molecule has 2 rings (SSSR count). The van der Waals surface area contributed by atoms with E-state index in [1.807, 2.05) is 0 Å². The van der Waals surface area contributed by atoms with Gasteiger partial charge in [0, 0.05) is 11.8 Å². The van der Waals surface area contributed by atoms with Crippen molar-refractivity contribution in [2.24, 2.45) is 0 Å². The van der Waals surface area contributed by atoms with E-state index in [4.69, 9.17) is 9.16 Å². The summed E-state index contributed by atoms with van der Waals surface area (Å²) in [5.41, 5.74) is -0.429. The first kappa shape index (κ1) is 23.8. The van der Waals surface area contributed by atoms with E-state index in [0.717, 1.165) is 6.20 Å². The summed E-state index contributed by atoms with van der Waals surface area (Å²) in [4.78, 5) is 3.80. The predicted octanol–water partition coefficient (Wildman–Crippen LogP) is 7.62. The molecule has 0 unspecified atom stereocenters. The first-order valence-corrected chi connectivity index (χ1v) is 12.7. The lowest BCUT2D eigenvalue weighted by atomic mass is 10.1. The van der Waals surface area contributed by atoms with E-state index in [1.165, 1.54) is 25.1 Å². The van der Waals surface area contributed by atoms with Gasteiger partial charge < -0.3 is 9.16 Å². The van der Waals surface area contributed by atoms with Gasteiger partial charge in [-0.1, -0.05) is 20.8 Å². The first-order valence-electron chi connectivity index (χ1n) is 8.96. The van der Waals surface area contributed by atoms with Gasteiger partial charge in [0.25, 0.3) is 0 Å². The zero-order valence-corrected chi connectivity index (χ0v) is 19.8. The van der Waals surface area contributed by atoms with Gasteiger partial charge in [-0.15, -0.1) is 0 Å². The molecule has 0 aliphatic rings. The highest BCUT2D eigenvalue weighted by Gasteiger charge is 2.37. The third-order valence-corrected chi connectivity index (χ3v) is 10.6. The standard InChI is InChI=1S/C20H24BrF4NO2Si/c1-12-15(20(23,24)25)10-26-18(17(12)21)28-16-8-7-14(22)9-13(16)11-27-29(5,6)19(2,3)4/h7-10H,11H2,1-6H3. The molecule has 0 fully saturated rings. The van der Waals surface area contributed by atoms with E-state index in [1.54, 1.807) is 0 Å². The minimum atomic E-state index is -4.52. The second kappa shape index (κ2) is 8.35. The molecule has 1 aromatic carbocycles. The van der Waals surface area contributed by atoms with Crippen LogP contribution in [0.15, 0.2) is 28.9 Å². The predicted molar refractivity (Wildman–Crippen MR) is 110 cm³/mol. The van der Waals surface area contributed by atoms with E-state index in [-0.39, 0.29) is 33.3 Å². The van der Waals surface area contributed by atoms with Crippen molar-refractivity contribution in [2.45, 2.75) is 58.6 Å². The van der Waals surface area contributed by atoms with E-state index < -0.39 is 25.9 Å². The molecule has 0 bridgehead atoms. The Morgan fingerprint density at radius 2 is 1.76 bits per heavy atom. The zero-order valence-electron chi connectivity index (χ0n) is 17.2. The van der Waals surface area contributed by atoms with Crippen LogP contribution >= 0.6 is 15.9 Å². The van der Waals surface area contributed by atoms with Crippen molar-refractivity contribution in [1.29, 1.82) is 0 Å². The Bertz CT molecular complexity index is 895. The van der Waals surface area contributed by atoms with Gasteiger partial charge in [0.2, 0.25) is 5.88 Å². The summed E-state index contributed by atoms with van der Waals surface area (Å²) in [7, 11) is -2.10. The largest absolute Gasteiger partial charge is 0.437 e. The second-order valence-electron chi connectivity index (χ2n) is 8.32. The van der Waals surface area contributed by atoms with E-state index in [0.29, 0.717) is 5.56 Å². The quantitative estimate of drug-likeness (QED) is 0.317. The summed E-state index contributed by atoms with van der Waals surface area (Å²) in [6, 6.07) is 3.93. The Morgan fingerprint density at radius 1 is 1.14 bits per heavy atom. The van der Waals surface area contributed by atoms with Crippen molar-refractivity contribution < 1.29 is 26.7 Å². The first-order chi connectivity index (χ1) is 13.1. The van der Waals surface area contributed by atoms with E-state index >= 15 is 0 Å². The summed E-state index contributed by atoms with van der Waals surface area (Å²) >= 11 is 3.13. The fourth-order valence-electron chi connectivity index (χ4n) is 2.25. The van der Waals surface area contributed by atoms with Crippen molar-refractivity contribution in [1.82, 2.24) is 4.98 Å². The average molecular weight is 494 g/mol. The maximum atomic E-state index is 13.8. The zero-order chi connectivity index (χ0) is 22.2. The Morgan fingerprint density at radius 3 is 2.31 bits per heavy atom. The van der Waals surface area contributed by atoms with Crippen molar-refractivity contribution in [3.8, 4) is 11.6 Å². The van der Waals surface area contributed by atoms with Crippen LogP contribution in [0.3, 0.4) is 0 Å². The molecular formula is C20H24BrF4NO2Si. The van der Waals surface area contributed by atoms with Crippen LogP contribution in [0.4, 0.5) is 17.6 Å². The molecule has 0 aliphatic carbocycles. The van der Waals surface area contributed by atoms with Crippen LogP contribution in [0, 0.1) is 12.7 Å². The molecule has 160 valence electrons. The molecule has 29 heavy (non-hydrogen) atoms. The number of nitrogens with zero attached hydrogens (tertiary/aromatic N) is 1. The molecule has 9 heteroatoms.